The van der Waals surface area contributed by atoms with Crippen LogP contribution in [0.25, 0.3) is 11.0 Å². The highest BCUT2D eigenvalue weighted by Crippen LogP contribution is 2.27. The Bertz CT molecular complexity index is 1100. The lowest BCUT2D eigenvalue weighted by Crippen LogP contribution is -2.35. The molecule has 0 atom stereocenters. The van der Waals surface area contributed by atoms with Crippen molar-refractivity contribution in [3.8, 4) is 0 Å². The summed E-state index contributed by atoms with van der Waals surface area (Å²) in [5, 5.41) is 0.968. The zero-order valence-corrected chi connectivity index (χ0v) is 18.5. The van der Waals surface area contributed by atoms with Crippen molar-refractivity contribution in [2.75, 3.05) is 13.1 Å². The standard InChI is InChI=1S/C20H27N5O2S2/c1-3-23-13-10-21-20(23)28-15-19-22-17-14-16(8-9-18(17)25(19)4-2)29(26,27)24-11-6-5-7-12-24/h8-10,13-14H,3-7,11-12,15H2,1-2H3. The molecule has 1 saturated heterocycles. The van der Waals surface area contributed by atoms with E-state index < -0.39 is 10.0 Å². The highest BCUT2D eigenvalue weighted by Gasteiger charge is 2.26. The molecule has 9 heteroatoms. The first-order valence-electron chi connectivity index (χ1n) is 10.2. The molecule has 0 aliphatic carbocycles. The first-order chi connectivity index (χ1) is 14.0. The third kappa shape index (κ3) is 3.95. The van der Waals surface area contributed by atoms with Gasteiger partial charge in [0.25, 0.3) is 0 Å². The molecule has 0 unspecified atom stereocenters. The van der Waals surface area contributed by atoms with Crippen LogP contribution in [-0.4, -0.2) is 44.9 Å². The van der Waals surface area contributed by atoms with Crippen molar-refractivity contribution in [1.82, 2.24) is 23.4 Å². The molecule has 1 aromatic carbocycles. The number of aryl methyl sites for hydroxylation is 2. The lowest BCUT2D eigenvalue weighted by Gasteiger charge is -2.25. The van der Waals surface area contributed by atoms with E-state index in [4.69, 9.17) is 4.98 Å². The molecule has 3 heterocycles. The lowest BCUT2D eigenvalue weighted by molar-refractivity contribution is 0.346. The number of sulfonamides is 1. The molecule has 4 rings (SSSR count). The number of nitrogens with zero attached hydrogens (tertiary/aromatic N) is 5. The first kappa shape index (κ1) is 20.4. The molecule has 0 amide bonds. The highest BCUT2D eigenvalue weighted by molar-refractivity contribution is 7.98. The Kier molecular flexibility index (Phi) is 5.98. The van der Waals surface area contributed by atoms with E-state index >= 15 is 0 Å². The number of hydrogen-bond donors (Lipinski definition) is 0. The van der Waals surface area contributed by atoms with Crippen molar-refractivity contribution in [1.29, 1.82) is 0 Å². The number of fused-ring (bicyclic) bond motifs is 1. The Morgan fingerprint density at radius 3 is 2.62 bits per heavy atom. The van der Waals surface area contributed by atoms with Crippen LogP contribution in [0.3, 0.4) is 0 Å². The smallest absolute Gasteiger partial charge is 0.243 e. The molecule has 7 nitrogen and oxygen atoms in total. The van der Waals surface area contributed by atoms with E-state index in [0.29, 0.717) is 23.7 Å². The average molecular weight is 434 g/mol. The normalized spacial score (nSPS) is 15.9. The van der Waals surface area contributed by atoms with Gasteiger partial charge in [-0.25, -0.2) is 18.4 Å². The summed E-state index contributed by atoms with van der Waals surface area (Å²) in [7, 11) is -3.46. The molecule has 1 aliphatic heterocycles. The van der Waals surface area contributed by atoms with Gasteiger partial charge in [-0.05, 0) is 44.9 Å². The molecule has 1 aliphatic rings. The van der Waals surface area contributed by atoms with E-state index in [-0.39, 0.29) is 0 Å². The van der Waals surface area contributed by atoms with E-state index in [2.05, 4.69) is 28.0 Å². The van der Waals surface area contributed by atoms with Crippen LogP contribution in [-0.2, 0) is 28.9 Å². The molecule has 2 aromatic heterocycles. The molecule has 3 aromatic rings. The minimum absolute atomic E-state index is 0.341. The molecular weight excluding hydrogens is 406 g/mol. The van der Waals surface area contributed by atoms with E-state index in [1.54, 1.807) is 28.2 Å². The van der Waals surface area contributed by atoms with Crippen LogP contribution in [0.5, 0.6) is 0 Å². The van der Waals surface area contributed by atoms with Gasteiger partial charge in [0.15, 0.2) is 5.16 Å². The second kappa shape index (κ2) is 8.49. The SMILES string of the molecule is CCn1ccnc1SCc1nc2cc(S(=O)(=O)N3CCCCC3)ccc2n1CC. The summed E-state index contributed by atoms with van der Waals surface area (Å²) in [4.78, 5) is 9.53. The zero-order chi connectivity index (χ0) is 20.4. The fourth-order valence-electron chi connectivity index (χ4n) is 3.84. The molecule has 0 spiro atoms. The predicted octanol–water partition coefficient (Wildman–Crippen LogP) is 3.74. The minimum Gasteiger partial charge on any atom is -0.328 e. The summed E-state index contributed by atoms with van der Waals surface area (Å²) in [6, 6.07) is 5.34. The van der Waals surface area contributed by atoms with Crippen LogP contribution in [0.1, 0.15) is 38.9 Å². The molecule has 0 saturated carbocycles. The van der Waals surface area contributed by atoms with E-state index in [1.807, 2.05) is 18.5 Å². The second-order valence-corrected chi connectivity index (χ2v) is 10.1. The monoisotopic (exact) mass is 433 g/mol. The van der Waals surface area contributed by atoms with Gasteiger partial charge >= 0.3 is 0 Å². The summed E-state index contributed by atoms with van der Waals surface area (Å²) < 4.78 is 31.9. The summed E-state index contributed by atoms with van der Waals surface area (Å²) in [5.41, 5.74) is 1.71. The topological polar surface area (TPSA) is 73.0 Å². The quantitative estimate of drug-likeness (QED) is 0.531. The van der Waals surface area contributed by atoms with Gasteiger partial charge < -0.3 is 9.13 Å². The van der Waals surface area contributed by atoms with Crippen molar-refractivity contribution in [2.45, 2.75) is 62.0 Å². The Balaban J connectivity index is 1.63. The van der Waals surface area contributed by atoms with Gasteiger partial charge in [0.1, 0.15) is 5.82 Å². The predicted molar refractivity (Wildman–Crippen MR) is 115 cm³/mol. The largest absolute Gasteiger partial charge is 0.328 e. The molecular formula is C20H27N5O2S2. The van der Waals surface area contributed by atoms with Gasteiger partial charge in [-0.15, -0.1) is 0 Å². The highest BCUT2D eigenvalue weighted by atomic mass is 32.2. The van der Waals surface area contributed by atoms with Gasteiger partial charge in [0.05, 0.1) is 21.7 Å². The van der Waals surface area contributed by atoms with Crippen LogP contribution in [0, 0.1) is 0 Å². The number of aromatic nitrogens is 4. The van der Waals surface area contributed by atoms with Gasteiger partial charge in [-0.2, -0.15) is 4.31 Å². The third-order valence-electron chi connectivity index (χ3n) is 5.42. The van der Waals surface area contributed by atoms with Gasteiger partial charge in [0, 0.05) is 38.6 Å². The van der Waals surface area contributed by atoms with Crippen LogP contribution < -0.4 is 0 Å². The van der Waals surface area contributed by atoms with Crippen molar-refractivity contribution in [3.63, 3.8) is 0 Å². The zero-order valence-electron chi connectivity index (χ0n) is 16.9. The third-order valence-corrected chi connectivity index (χ3v) is 8.31. The van der Waals surface area contributed by atoms with E-state index in [0.717, 1.165) is 54.4 Å². The Labute approximate surface area is 176 Å². The molecule has 1 fully saturated rings. The van der Waals surface area contributed by atoms with Gasteiger partial charge in [-0.1, -0.05) is 18.2 Å². The van der Waals surface area contributed by atoms with Gasteiger partial charge in [-0.3, -0.25) is 0 Å². The van der Waals surface area contributed by atoms with Crippen LogP contribution in [0.2, 0.25) is 0 Å². The van der Waals surface area contributed by atoms with Gasteiger partial charge in [0.2, 0.25) is 10.0 Å². The first-order valence-corrected chi connectivity index (χ1v) is 12.6. The molecule has 0 radical (unpaired) electrons. The van der Waals surface area contributed by atoms with Crippen molar-refractivity contribution >= 4 is 32.8 Å². The Hall–Kier alpha value is -1.84. The number of imidazole rings is 2. The number of thioether (sulfide) groups is 1. The maximum atomic E-state index is 13.0. The fraction of sp³-hybridized carbons (Fsp3) is 0.500. The fourth-order valence-corrected chi connectivity index (χ4v) is 6.35. The lowest BCUT2D eigenvalue weighted by atomic mass is 10.2. The van der Waals surface area contributed by atoms with Crippen molar-refractivity contribution < 1.29 is 8.42 Å². The number of rotatable bonds is 7. The Morgan fingerprint density at radius 2 is 1.90 bits per heavy atom. The summed E-state index contributed by atoms with van der Waals surface area (Å²) >= 11 is 1.65. The van der Waals surface area contributed by atoms with Crippen molar-refractivity contribution in [2.24, 2.45) is 0 Å². The summed E-state index contributed by atoms with van der Waals surface area (Å²) in [6.45, 7) is 7.06. The Morgan fingerprint density at radius 1 is 1.10 bits per heavy atom. The van der Waals surface area contributed by atoms with Crippen LogP contribution >= 0.6 is 11.8 Å². The van der Waals surface area contributed by atoms with E-state index in [9.17, 15) is 8.42 Å². The summed E-state index contributed by atoms with van der Waals surface area (Å²) in [5.74, 6) is 1.62. The number of benzene rings is 1. The molecule has 29 heavy (non-hydrogen) atoms. The van der Waals surface area contributed by atoms with E-state index in [1.165, 1.54) is 0 Å². The number of hydrogen-bond acceptors (Lipinski definition) is 5. The molecule has 156 valence electrons. The molecule has 0 bridgehead atoms. The van der Waals surface area contributed by atoms with Crippen molar-refractivity contribution in [3.05, 3.63) is 36.4 Å². The maximum absolute atomic E-state index is 13.0. The van der Waals surface area contributed by atoms with Crippen LogP contribution in [0.4, 0.5) is 0 Å². The number of piperidine rings is 1. The minimum atomic E-state index is -3.46. The second-order valence-electron chi connectivity index (χ2n) is 7.17. The molecule has 0 N–H and O–H groups in total. The summed E-state index contributed by atoms with van der Waals surface area (Å²) in [6.07, 6.45) is 6.75. The van der Waals surface area contributed by atoms with Crippen LogP contribution in [0.15, 0.2) is 40.6 Å². The average Bonchev–Trinajstić information content (AvgIpc) is 3.35. The maximum Gasteiger partial charge on any atom is 0.243 e.